The Balaban J connectivity index is 1.30. The third-order valence-corrected chi connectivity index (χ3v) is 5.02. The summed E-state index contributed by atoms with van der Waals surface area (Å²) in [5, 5.41) is 3.01. The summed E-state index contributed by atoms with van der Waals surface area (Å²) in [5.74, 6) is 0.965. The molecule has 28 heavy (non-hydrogen) atoms. The first kappa shape index (κ1) is 18.2. The van der Waals surface area contributed by atoms with Gasteiger partial charge >= 0.3 is 0 Å². The number of aromatic nitrogens is 1. The molecule has 4 nitrogen and oxygen atoms in total. The van der Waals surface area contributed by atoms with Gasteiger partial charge in [0.2, 0.25) is 5.91 Å². The smallest absolute Gasteiger partial charge is 0.220 e. The SMILES string of the molecule is Cc1ccc(-c2ccc3c(c2)CC(CNC(=O)CCc2ccccc2)O3)nc1. The molecule has 4 rings (SSSR count). The van der Waals surface area contributed by atoms with E-state index in [0.717, 1.165) is 35.4 Å². The average Bonchev–Trinajstić information content (AvgIpc) is 3.14. The maximum absolute atomic E-state index is 12.1. The van der Waals surface area contributed by atoms with Crippen molar-refractivity contribution in [2.75, 3.05) is 6.54 Å². The zero-order valence-electron chi connectivity index (χ0n) is 16.0. The molecule has 1 aliphatic rings. The molecule has 1 N–H and O–H groups in total. The number of rotatable bonds is 6. The lowest BCUT2D eigenvalue weighted by atomic mass is 10.0. The number of benzene rings is 2. The van der Waals surface area contributed by atoms with Crippen LogP contribution < -0.4 is 10.1 Å². The number of nitrogens with one attached hydrogen (secondary N) is 1. The van der Waals surface area contributed by atoms with Gasteiger partial charge in [-0.25, -0.2) is 0 Å². The fourth-order valence-corrected chi connectivity index (χ4v) is 3.45. The summed E-state index contributed by atoms with van der Waals surface area (Å²) in [4.78, 5) is 16.6. The van der Waals surface area contributed by atoms with E-state index in [-0.39, 0.29) is 12.0 Å². The molecule has 1 amide bonds. The number of amides is 1. The Hall–Kier alpha value is -3.14. The van der Waals surface area contributed by atoms with Crippen LogP contribution in [0.25, 0.3) is 11.3 Å². The molecule has 142 valence electrons. The zero-order valence-corrected chi connectivity index (χ0v) is 16.0. The first-order valence-corrected chi connectivity index (χ1v) is 9.70. The van der Waals surface area contributed by atoms with Gasteiger partial charge in [0.25, 0.3) is 0 Å². The van der Waals surface area contributed by atoms with Gasteiger partial charge in [0.05, 0.1) is 12.2 Å². The predicted octanol–water partition coefficient (Wildman–Crippen LogP) is 4.11. The van der Waals surface area contributed by atoms with Crippen LogP contribution in [0, 0.1) is 6.92 Å². The van der Waals surface area contributed by atoms with E-state index in [1.54, 1.807) is 0 Å². The lowest BCUT2D eigenvalue weighted by Crippen LogP contribution is -2.34. The number of aryl methyl sites for hydroxylation is 2. The Morgan fingerprint density at radius 3 is 2.79 bits per heavy atom. The fourth-order valence-electron chi connectivity index (χ4n) is 3.45. The van der Waals surface area contributed by atoms with Gasteiger partial charge in [0.15, 0.2) is 0 Å². The molecule has 0 radical (unpaired) electrons. The number of carbonyl (C=O) groups excluding carboxylic acids is 1. The summed E-state index contributed by atoms with van der Waals surface area (Å²) in [6, 6.07) is 20.4. The van der Waals surface area contributed by atoms with Crippen LogP contribution in [0.4, 0.5) is 0 Å². The highest BCUT2D eigenvalue weighted by atomic mass is 16.5. The van der Waals surface area contributed by atoms with Crippen molar-refractivity contribution >= 4 is 5.91 Å². The molecule has 0 bridgehead atoms. The molecule has 1 unspecified atom stereocenters. The average molecular weight is 372 g/mol. The number of hydrogen-bond acceptors (Lipinski definition) is 3. The minimum Gasteiger partial charge on any atom is -0.488 e. The van der Waals surface area contributed by atoms with Gasteiger partial charge in [-0.15, -0.1) is 0 Å². The van der Waals surface area contributed by atoms with Gasteiger partial charge in [0, 0.05) is 24.6 Å². The van der Waals surface area contributed by atoms with Gasteiger partial charge in [0.1, 0.15) is 11.9 Å². The normalized spacial score (nSPS) is 15.0. The number of hydrogen-bond donors (Lipinski definition) is 1. The molecule has 2 aromatic carbocycles. The monoisotopic (exact) mass is 372 g/mol. The Morgan fingerprint density at radius 2 is 2.00 bits per heavy atom. The van der Waals surface area contributed by atoms with Crippen LogP contribution in [0.5, 0.6) is 5.75 Å². The number of ether oxygens (including phenoxy) is 1. The molecule has 1 aromatic heterocycles. The minimum atomic E-state index is -0.0168. The lowest BCUT2D eigenvalue weighted by Gasteiger charge is -2.12. The minimum absolute atomic E-state index is 0.0168. The lowest BCUT2D eigenvalue weighted by molar-refractivity contribution is -0.121. The second-order valence-electron chi connectivity index (χ2n) is 7.28. The first-order chi connectivity index (χ1) is 13.7. The summed E-state index contributed by atoms with van der Waals surface area (Å²) in [6.07, 6.45) is 3.91. The van der Waals surface area contributed by atoms with Gasteiger partial charge < -0.3 is 10.1 Å². The van der Waals surface area contributed by atoms with E-state index in [9.17, 15) is 4.79 Å². The molecule has 0 saturated heterocycles. The maximum Gasteiger partial charge on any atom is 0.220 e. The molecule has 0 fully saturated rings. The van der Waals surface area contributed by atoms with Crippen molar-refractivity contribution in [1.82, 2.24) is 10.3 Å². The largest absolute Gasteiger partial charge is 0.488 e. The molecule has 4 heteroatoms. The zero-order chi connectivity index (χ0) is 19.3. The molecular formula is C24H24N2O2. The van der Waals surface area contributed by atoms with Crippen LogP contribution in [-0.2, 0) is 17.6 Å². The molecular weight excluding hydrogens is 348 g/mol. The van der Waals surface area contributed by atoms with Gasteiger partial charge in [-0.3, -0.25) is 9.78 Å². The first-order valence-electron chi connectivity index (χ1n) is 9.70. The predicted molar refractivity (Wildman–Crippen MR) is 110 cm³/mol. The van der Waals surface area contributed by atoms with Crippen LogP contribution in [0.2, 0.25) is 0 Å². The molecule has 0 spiro atoms. The number of carbonyl (C=O) groups is 1. The van der Waals surface area contributed by atoms with Crippen molar-refractivity contribution in [3.8, 4) is 17.0 Å². The molecule has 3 aromatic rings. The summed E-state index contributed by atoms with van der Waals surface area (Å²) in [5.41, 5.74) is 5.56. The van der Waals surface area contributed by atoms with Crippen LogP contribution in [0.15, 0.2) is 66.9 Å². The summed E-state index contributed by atoms with van der Waals surface area (Å²) in [6.45, 7) is 2.56. The van der Waals surface area contributed by atoms with Crippen molar-refractivity contribution in [1.29, 1.82) is 0 Å². The molecule has 1 aliphatic heterocycles. The number of fused-ring (bicyclic) bond motifs is 1. The fraction of sp³-hybridized carbons (Fsp3) is 0.250. The van der Waals surface area contributed by atoms with Crippen molar-refractivity contribution in [3.05, 3.63) is 83.6 Å². The molecule has 0 saturated carbocycles. The second kappa shape index (κ2) is 8.26. The van der Waals surface area contributed by atoms with E-state index in [1.807, 2.05) is 61.7 Å². The molecule has 1 atom stereocenters. The van der Waals surface area contributed by atoms with Crippen LogP contribution in [0.1, 0.15) is 23.1 Å². The number of nitrogens with zero attached hydrogens (tertiary/aromatic N) is 1. The highest BCUT2D eigenvalue weighted by molar-refractivity contribution is 5.76. The van der Waals surface area contributed by atoms with Crippen LogP contribution >= 0.6 is 0 Å². The number of pyridine rings is 1. The van der Waals surface area contributed by atoms with E-state index in [1.165, 1.54) is 11.1 Å². The summed E-state index contributed by atoms with van der Waals surface area (Å²) >= 11 is 0. The van der Waals surface area contributed by atoms with E-state index in [2.05, 4.69) is 22.4 Å². The highest BCUT2D eigenvalue weighted by Crippen LogP contribution is 2.32. The Bertz CT molecular complexity index is 952. The Kier molecular flexibility index (Phi) is 5.38. The maximum atomic E-state index is 12.1. The van der Waals surface area contributed by atoms with Crippen molar-refractivity contribution in [2.24, 2.45) is 0 Å². The van der Waals surface area contributed by atoms with Gasteiger partial charge in [-0.1, -0.05) is 36.4 Å². The standard InChI is InChI=1S/C24H24N2O2/c1-17-7-10-22(25-15-17)19-9-11-23-20(13-19)14-21(28-23)16-26-24(27)12-8-18-5-3-2-4-6-18/h2-7,9-11,13,15,21H,8,12,14,16H2,1H3,(H,26,27). The van der Waals surface area contributed by atoms with E-state index in [4.69, 9.17) is 4.74 Å². The Labute approximate surface area is 165 Å². The third kappa shape index (κ3) is 4.39. The van der Waals surface area contributed by atoms with Crippen LogP contribution in [0.3, 0.4) is 0 Å². The summed E-state index contributed by atoms with van der Waals surface area (Å²) < 4.78 is 5.99. The van der Waals surface area contributed by atoms with Gasteiger partial charge in [-0.05, 0) is 54.3 Å². The molecule has 2 heterocycles. The highest BCUT2D eigenvalue weighted by Gasteiger charge is 2.23. The second-order valence-corrected chi connectivity index (χ2v) is 7.28. The van der Waals surface area contributed by atoms with Crippen molar-refractivity contribution < 1.29 is 9.53 Å². The third-order valence-electron chi connectivity index (χ3n) is 5.02. The quantitative estimate of drug-likeness (QED) is 0.708. The topological polar surface area (TPSA) is 51.2 Å². The van der Waals surface area contributed by atoms with E-state index in [0.29, 0.717) is 13.0 Å². The Morgan fingerprint density at radius 1 is 1.14 bits per heavy atom. The van der Waals surface area contributed by atoms with Gasteiger partial charge in [-0.2, -0.15) is 0 Å². The van der Waals surface area contributed by atoms with E-state index >= 15 is 0 Å². The molecule has 0 aliphatic carbocycles. The van der Waals surface area contributed by atoms with Crippen LogP contribution in [-0.4, -0.2) is 23.5 Å². The van der Waals surface area contributed by atoms with Crippen molar-refractivity contribution in [2.45, 2.75) is 32.3 Å². The van der Waals surface area contributed by atoms with E-state index < -0.39 is 0 Å². The summed E-state index contributed by atoms with van der Waals surface area (Å²) in [7, 11) is 0. The van der Waals surface area contributed by atoms with Crippen molar-refractivity contribution in [3.63, 3.8) is 0 Å².